The lowest BCUT2D eigenvalue weighted by Crippen LogP contribution is -2.47. The minimum atomic E-state index is -0.340. The Bertz CT molecular complexity index is 704. The molecule has 1 heterocycles. The van der Waals surface area contributed by atoms with Gasteiger partial charge in [0.1, 0.15) is 24.7 Å². The monoisotopic (exact) mass is 347 g/mol. The van der Waals surface area contributed by atoms with E-state index >= 15 is 0 Å². The van der Waals surface area contributed by atoms with Gasteiger partial charge in [-0.2, -0.15) is 0 Å². The Balaban J connectivity index is 1.64. The molecule has 1 unspecified atom stereocenters. The molecule has 2 aromatic carbocycles. The van der Waals surface area contributed by atoms with Gasteiger partial charge in [0.2, 0.25) is 0 Å². The highest BCUT2D eigenvalue weighted by molar-refractivity contribution is 6.30. The Kier molecular flexibility index (Phi) is 5.11. The number of halogens is 1. The lowest BCUT2D eigenvalue weighted by Gasteiger charge is -2.33. The van der Waals surface area contributed by atoms with Gasteiger partial charge in [0.15, 0.2) is 6.10 Å². The fourth-order valence-electron chi connectivity index (χ4n) is 2.54. The van der Waals surface area contributed by atoms with Crippen molar-refractivity contribution in [2.75, 3.05) is 31.7 Å². The van der Waals surface area contributed by atoms with E-state index in [0.717, 1.165) is 11.4 Å². The van der Waals surface area contributed by atoms with E-state index < -0.39 is 0 Å². The van der Waals surface area contributed by atoms with Gasteiger partial charge < -0.3 is 19.1 Å². The van der Waals surface area contributed by atoms with Crippen molar-refractivity contribution in [3.05, 3.63) is 53.6 Å². The van der Waals surface area contributed by atoms with E-state index in [0.29, 0.717) is 17.3 Å². The van der Waals surface area contributed by atoms with Crippen molar-refractivity contribution >= 4 is 23.3 Å². The average Bonchev–Trinajstić information content (AvgIpc) is 2.61. The molecule has 0 amide bonds. The van der Waals surface area contributed by atoms with Gasteiger partial charge in [0.05, 0.1) is 13.7 Å². The van der Waals surface area contributed by atoms with E-state index in [1.165, 1.54) is 0 Å². The second kappa shape index (κ2) is 7.45. The standard InChI is InChI=1S/C18H18ClNO4/c1-22-16-4-2-3-14(9-16)20-10-17(24-18(21)11-20)12-23-15-7-5-13(19)6-8-15/h2-9,17H,10-12H2,1H3. The van der Waals surface area contributed by atoms with E-state index in [1.54, 1.807) is 31.4 Å². The molecule has 1 saturated heterocycles. The molecular formula is C18H18ClNO4. The minimum Gasteiger partial charge on any atom is -0.497 e. The first-order valence-electron chi connectivity index (χ1n) is 7.61. The van der Waals surface area contributed by atoms with Crippen LogP contribution in [0.15, 0.2) is 48.5 Å². The number of nitrogens with zero attached hydrogens (tertiary/aromatic N) is 1. The summed E-state index contributed by atoms with van der Waals surface area (Å²) in [7, 11) is 1.62. The summed E-state index contributed by atoms with van der Waals surface area (Å²) in [5, 5.41) is 0.649. The second-order valence-electron chi connectivity index (χ2n) is 5.46. The summed E-state index contributed by atoms with van der Waals surface area (Å²) >= 11 is 5.85. The summed E-state index contributed by atoms with van der Waals surface area (Å²) in [6.45, 7) is 1.06. The van der Waals surface area contributed by atoms with Crippen molar-refractivity contribution in [2.45, 2.75) is 6.10 Å². The molecule has 126 valence electrons. The lowest BCUT2D eigenvalue weighted by molar-refractivity contribution is -0.151. The highest BCUT2D eigenvalue weighted by Crippen LogP contribution is 2.23. The summed E-state index contributed by atoms with van der Waals surface area (Å²) in [5.41, 5.74) is 0.919. The number of carbonyl (C=O) groups is 1. The van der Waals surface area contributed by atoms with Gasteiger partial charge in [-0.15, -0.1) is 0 Å². The van der Waals surface area contributed by atoms with Crippen LogP contribution in [0.1, 0.15) is 0 Å². The largest absolute Gasteiger partial charge is 0.497 e. The number of hydrogen-bond acceptors (Lipinski definition) is 5. The Labute approximate surface area is 145 Å². The van der Waals surface area contributed by atoms with E-state index in [1.807, 2.05) is 29.2 Å². The molecule has 6 heteroatoms. The van der Waals surface area contributed by atoms with Crippen molar-refractivity contribution < 1.29 is 19.0 Å². The molecular weight excluding hydrogens is 330 g/mol. The molecule has 1 aliphatic heterocycles. The van der Waals surface area contributed by atoms with Crippen LogP contribution in [0.4, 0.5) is 5.69 Å². The molecule has 1 fully saturated rings. The fraction of sp³-hybridized carbons (Fsp3) is 0.278. The third-order valence-electron chi connectivity index (χ3n) is 3.71. The molecule has 24 heavy (non-hydrogen) atoms. The van der Waals surface area contributed by atoms with Crippen LogP contribution in [0.5, 0.6) is 11.5 Å². The quantitative estimate of drug-likeness (QED) is 0.777. The highest BCUT2D eigenvalue weighted by atomic mass is 35.5. The normalized spacial score (nSPS) is 17.3. The molecule has 0 bridgehead atoms. The first-order valence-corrected chi connectivity index (χ1v) is 7.98. The van der Waals surface area contributed by atoms with Crippen LogP contribution in [0.3, 0.4) is 0 Å². The van der Waals surface area contributed by atoms with Crippen LogP contribution in [0, 0.1) is 0 Å². The fourth-order valence-corrected chi connectivity index (χ4v) is 2.66. The highest BCUT2D eigenvalue weighted by Gasteiger charge is 2.27. The molecule has 5 nitrogen and oxygen atoms in total. The number of morpholine rings is 1. The molecule has 1 atom stereocenters. The first-order chi connectivity index (χ1) is 11.6. The van der Waals surface area contributed by atoms with Crippen LogP contribution >= 0.6 is 11.6 Å². The van der Waals surface area contributed by atoms with Crippen LogP contribution in [-0.4, -0.2) is 38.9 Å². The SMILES string of the molecule is COc1cccc(N2CC(=O)OC(COc3ccc(Cl)cc3)C2)c1. The average molecular weight is 348 g/mol. The third-order valence-corrected chi connectivity index (χ3v) is 3.96. The molecule has 2 aromatic rings. The summed E-state index contributed by atoms with van der Waals surface area (Å²) in [6.07, 6.45) is -0.340. The van der Waals surface area contributed by atoms with Crippen LogP contribution in [0.25, 0.3) is 0 Å². The Morgan fingerprint density at radius 2 is 2.00 bits per heavy atom. The molecule has 0 spiro atoms. The molecule has 0 N–H and O–H groups in total. The maximum Gasteiger partial charge on any atom is 0.326 e. The van der Waals surface area contributed by atoms with Gasteiger partial charge in [0.25, 0.3) is 0 Å². The Hall–Kier alpha value is -2.40. The summed E-state index contributed by atoms with van der Waals surface area (Å²) in [4.78, 5) is 13.9. The van der Waals surface area contributed by atoms with Crippen molar-refractivity contribution in [3.63, 3.8) is 0 Å². The predicted molar refractivity (Wildman–Crippen MR) is 92.0 cm³/mol. The van der Waals surface area contributed by atoms with E-state index in [9.17, 15) is 4.79 Å². The number of carbonyl (C=O) groups excluding carboxylic acids is 1. The number of benzene rings is 2. The van der Waals surface area contributed by atoms with Crippen molar-refractivity contribution in [2.24, 2.45) is 0 Å². The van der Waals surface area contributed by atoms with Crippen LogP contribution < -0.4 is 14.4 Å². The molecule has 0 saturated carbocycles. The van der Waals surface area contributed by atoms with Crippen LogP contribution in [0.2, 0.25) is 5.02 Å². The Morgan fingerprint density at radius 3 is 2.75 bits per heavy atom. The molecule has 0 aliphatic carbocycles. The molecule has 3 rings (SSSR count). The van der Waals surface area contributed by atoms with Crippen molar-refractivity contribution in [3.8, 4) is 11.5 Å². The number of rotatable bonds is 5. The molecule has 1 aliphatic rings. The Morgan fingerprint density at radius 1 is 1.21 bits per heavy atom. The zero-order valence-corrected chi connectivity index (χ0v) is 14.0. The van der Waals surface area contributed by atoms with Gasteiger partial charge in [-0.3, -0.25) is 4.79 Å². The lowest BCUT2D eigenvalue weighted by atomic mass is 10.2. The third kappa shape index (κ3) is 4.11. The summed E-state index contributed by atoms with van der Waals surface area (Å²) < 4.78 is 16.3. The maximum absolute atomic E-state index is 11.9. The zero-order valence-electron chi connectivity index (χ0n) is 13.3. The first kappa shape index (κ1) is 16.5. The van der Waals surface area contributed by atoms with Gasteiger partial charge in [-0.1, -0.05) is 17.7 Å². The van der Waals surface area contributed by atoms with E-state index in [-0.39, 0.29) is 25.2 Å². The zero-order chi connectivity index (χ0) is 16.9. The summed E-state index contributed by atoms with van der Waals surface area (Å²) in [6, 6.07) is 14.7. The second-order valence-corrected chi connectivity index (χ2v) is 5.90. The van der Waals surface area contributed by atoms with E-state index in [2.05, 4.69) is 0 Å². The van der Waals surface area contributed by atoms with Gasteiger partial charge in [-0.25, -0.2) is 0 Å². The van der Waals surface area contributed by atoms with Crippen LogP contribution in [-0.2, 0) is 9.53 Å². The van der Waals surface area contributed by atoms with Gasteiger partial charge in [0, 0.05) is 16.8 Å². The number of anilines is 1. The van der Waals surface area contributed by atoms with Gasteiger partial charge in [-0.05, 0) is 36.4 Å². The number of esters is 1. The molecule has 0 aromatic heterocycles. The smallest absolute Gasteiger partial charge is 0.326 e. The van der Waals surface area contributed by atoms with Crippen molar-refractivity contribution in [1.82, 2.24) is 0 Å². The van der Waals surface area contributed by atoms with Crippen molar-refractivity contribution in [1.29, 1.82) is 0 Å². The number of cyclic esters (lactones) is 1. The number of methoxy groups -OCH3 is 1. The minimum absolute atomic E-state index is 0.213. The number of ether oxygens (including phenoxy) is 3. The van der Waals surface area contributed by atoms with E-state index in [4.69, 9.17) is 25.8 Å². The maximum atomic E-state index is 11.9. The summed E-state index contributed by atoms with van der Waals surface area (Å²) in [5.74, 6) is 1.17. The topological polar surface area (TPSA) is 48.0 Å². The van der Waals surface area contributed by atoms with Gasteiger partial charge >= 0.3 is 5.97 Å². The predicted octanol–water partition coefficient (Wildman–Crippen LogP) is 3.16. The molecule has 0 radical (unpaired) electrons. The number of hydrogen-bond donors (Lipinski definition) is 0.